The summed E-state index contributed by atoms with van der Waals surface area (Å²) in [4.78, 5) is 2.11. The lowest BCUT2D eigenvalue weighted by Gasteiger charge is -2.17. The van der Waals surface area contributed by atoms with Crippen molar-refractivity contribution in [3.05, 3.63) is 52.1 Å². The van der Waals surface area contributed by atoms with Crippen molar-refractivity contribution in [2.45, 2.75) is 32.0 Å². The van der Waals surface area contributed by atoms with Crippen LogP contribution in [0.25, 0.3) is 0 Å². The molecule has 3 rings (SSSR count). The maximum absolute atomic E-state index is 4.32. The van der Waals surface area contributed by atoms with Gasteiger partial charge in [0.15, 0.2) is 5.82 Å². The Morgan fingerprint density at radius 2 is 1.90 bits per heavy atom. The van der Waals surface area contributed by atoms with Crippen LogP contribution in [-0.2, 0) is 13.1 Å². The Morgan fingerprint density at radius 3 is 2.52 bits per heavy atom. The van der Waals surface area contributed by atoms with Crippen LogP contribution in [0.3, 0.4) is 0 Å². The summed E-state index contributed by atoms with van der Waals surface area (Å²) in [5.74, 6) is 0.896. The standard InChI is InChI=1S/C16H19BrN4/c1-21(11-12-2-4-13(17)5-3-12)16-9-8-15(19-20-16)10-18-14-6-7-14/h2-5,8-9,14,18H,6-7,10-11H2,1H3. The maximum atomic E-state index is 4.32. The molecule has 1 aromatic heterocycles. The van der Waals surface area contributed by atoms with Crippen molar-refractivity contribution in [2.24, 2.45) is 0 Å². The third-order valence-corrected chi connectivity index (χ3v) is 4.11. The number of nitrogens with zero attached hydrogens (tertiary/aromatic N) is 3. The number of aromatic nitrogens is 2. The van der Waals surface area contributed by atoms with E-state index >= 15 is 0 Å². The Balaban J connectivity index is 1.58. The Hall–Kier alpha value is -1.46. The lowest BCUT2D eigenvalue weighted by molar-refractivity contribution is 0.664. The van der Waals surface area contributed by atoms with Crippen molar-refractivity contribution in [1.82, 2.24) is 15.5 Å². The van der Waals surface area contributed by atoms with Crippen LogP contribution in [0.2, 0.25) is 0 Å². The molecule has 1 N–H and O–H groups in total. The molecule has 5 heteroatoms. The first kappa shape index (κ1) is 14.5. The SMILES string of the molecule is CN(Cc1ccc(Br)cc1)c1ccc(CNC2CC2)nn1. The van der Waals surface area contributed by atoms with Gasteiger partial charge in [-0.15, -0.1) is 5.10 Å². The van der Waals surface area contributed by atoms with Gasteiger partial charge in [0, 0.05) is 30.7 Å². The Bertz CT molecular complexity index is 578. The first-order valence-corrected chi connectivity index (χ1v) is 8.01. The summed E-state index contributed by atoms with van der Waals surface area (Å²) < 4.78 is 1.10. The molecule has 0 spiro atoms. The minimum atomic E-state index is 0.701. The van der Waals surface area contributed by atoms with Crippen molar-refractivity contribution in [2.75, 3.05) is 11.9 Å². The van der Waals surface area contributed by atoms with Gasteiger partial charge in [-0.25, -0.2) is 0 Å². The van der Waals surface area contributed by atoms with Gasteiger partial charge in [0.1, 0.15) is 0 Å². The molecule has 1 aliphatic rings. The van der Waals surface area contributed by atoms with Gasteiger partial charge in [0.2, 0.25) is 0 Å². The fraction of sp³-hybridized carbons (Fsp3) is 0.375. The second kappa shape index (κ2) is 6.54. The topological polar surface area (TPSA) is 41.0 Å². The van der Waals surface area contributed by atoms with E-state index in [0.717, 1.165) is 29.1 Å². The molecular weight excluding hydrogens is 328 g/mol. The smallest absolute Gasteiger partial charge is 0.151 e. The quantitative estimate of drug-likeness (QED) is 0.872. The van der Waals surface area contributed by atoms with E-state index in [4.69, 9.17) is 0 Å². The zero-order valence-electron chi connectivity index (χ0n) is 12.1. The van der Waals surface area contributed by atoms with Crippen molar-refractivity contribution in [3.63, 3.8) is 0 Å². The monoisotopic (exact) mass is 346 g/mol. The average molecular weight is 347 g/mol. The summed E-state index contributed by atoms with van der Waals surface area (Å²) in [5, 5.41) is 12.1. The fourth-order valence-electron chi connectivity index (χ4n) is 2.13. The van der Waals surface area contributed by atoms with Gasteiger partial charge in [-0.3, -0.25) is 0 Å². The third kappa shape index (κ3) is 4.25. The summed E-state index contributed by atoms with van der Waals surface area (Å²) in [7, 11) is 2.04. The molecule has 0 atom stereocenters. The first-order valence-electron chi connectivity index (χ1n) is 7.22. The van der Waals surface area contributed by atoms with Crippen molar-refractivity contribution in [3.8, 4) is 0 Å². The minimum Gasteiger partial charge on any atom is -0.354 e. The van der Waals surface area contributed by atoms with E-state index in [2.05, 4.69) is 66.7 Å². The van der Waals surface area contributed by atoms with E-state index in [1.165, 1.54) is 18.4 Å². The van der Waals surface area contributed by atoms with Crippen molar-refractivity contribution in [1.29, 1.82) is 0 Å². The number of hydrogen-bond acceptors (Lipinski definition) is 4. The highest BCUT2D eigenvalue weighted by Crippen LogP contribution is 2.19. The van der Waals surface area contributed by atoms with E-state index in [-0.39, 0.29) is 0 Å². The van der Waals surface area contributed by atoms with Gasteiger partial charge < -0.3 is 10.2 Å². The Morgan fingerprint density at radius 1 is 1.14 bits per heavy atom. The maximum Gasteiger partial charge on any atom is 0.151 e. The van der Waals surface area contributed by atoms with Gasteiger partial charge in [-0.1, -0.05) is 28.1 Å². The molecule has 0 radical (unpaired) electrons. The largest absolute Gasteiger partial charge is 0.354 e. The number of halogens is 1. The van der Waals surface area contributed by atoms with Crippen LogP contribution in [0.4, 0.5) is 5.82 Å². The summed E-state index contributed by atoms with van der Waals surface area (Å²) >= 11 is 3.45. The zero-order valence-corrected chi connectivity index (χ0v) is 13.7. The predicted molar refractivity (Wildman–Crippen MR) is 88.1 cm³/mol. The number of benzene rings is 1. The highest BCUT2D eigenvalue weighted by Gasteiger charge is 2.20. The van der Waals surface area contributed by atoms with Crippen molar-refractivity contribution < 1.29 is 0 Å². The molecule has 4 nitrogen and oxygen atoms in total. The van der Waals surface area contributed by atoms with Gasteiger partial charge in [-0.05, 0) is 42.7 Å². The summed E-state index contributed by atoms with van der Waals surface area (Å²) in [5.41, 5.74) is 2.25. The molecule has 1 saturated carbocycles. The molecule has 0 aliphatic heterocycles. The van der Waals surface area contributed by atoms with Gasteiger partial charge in [0.25, 0.3) is 0 Å². The molecule has 1 heterocycles. The average Bonchev–Trinajstić information content (AvgIpc) is 3.32. The van der Waals surface area contributed by atoms with E-state index in [9.17, 15) is 0 Å². The van der Waals surface area contributed by atoms with Crippen LogP contribution >= 0.6 is 15.9 Å². The zero-order chi connectivity index (χ0) is 14.7. The molecule has 0 bridgehead atoms. The molecule has 110 valence electrons. The molecule has 1 aromatic carbocycles. The lowest BCUT2D eigenvalue weighted by Crippen LogP contribution is -2.20. The van der Waals surface area contributed by atoms with Crippen LogP contribution < -0.4 is 10.2 Å². The highest BCUT2D eigenvalue weighted by molar-refractivity contribution is 9.10. The van der Waals surface area contributed by atoms with Gasteiger partial charge in [-0.2, -0.15) is 5.10 Å². The van der Waals surface area contributed by atoms with Gasteiger partial charge >= 0.3 is 0 Å². The molecule has 21 heavy (non-hydrogen) atoms. The van der Waals surface area contributed by atoms with Crippen molar-refractivity contribution >= 4 is 21.7 Å². The fourth-order valence-corrected chi connectivity index (χ4v) is 2.40. The normalized spacial score (nSPS) is 14.2. The molecule has 0 amide bonds. The Labute approximate surface area is 133 Å². The van der Waals surface area contributed by atoms with Crippen LogP contribution in [0.1, 0.15) is 24.1 Å². The van der Waals surface area contributed by atoms with E-state index < -0.39 is 0 Å². The van der Waals surface area contributed by atoms with Crippen LogP contribution in [-0.4, -0.2) is 23.3 Å². The number of hydrogen-bond donors (Lipinski definition) is 1. The number of nitrogens with one attached hydrogen (secondary N) is 1. The minimum absolute atomic E-state index is 0.701. The van der Waals surface area contributed by atoms with Crippen LogP contribution in [0.15, 0.2) is 40.9 Å². The molecule has 1 aliphatic carbocycles. The summed E-state index contributed by atoms with van der Waals surface area (Å²) in [6.45, 7) is 1.63. The summed E-state index contributed by atoms with van der Waals surface area (Å²) in [6, 6.07) is 13.1. The summed E-state index contributed by atoms with van der Waals surface area (Å²) in [6.07, 6.45) is 2.59. The molecule has 1 fully saturated rings. The van der Waals surface area contributed by atoms with Crippen LogP contribution in [0.5, 0.6) is 0 Å². The van der Waals surface area contributed by atoms with E-state index in [0.29, 0.717) is 6.04 Å². The third-order valence-electron chi connectivity index (χ3n) is 3.58. The van der Waals surface area contributed by atoms with E-state index in [1.54, 1.807) is 0 Å². The lowest BCUT2D eigenvalue weighted by atomic mass is 10.2. The predicted octanol–water partition coefficient (Wildman–Crippen LogP) is 3.13. The first-order chi connectivity index (χ1) is 10.2. The molecular formula is C16H19BrN4. The molecule has 2 aromatic rings. The second-order valence-electron chi connectivity index (χ2n) is 5.52. The Kier molecular flexibility index (Phi) is 4.51. The molecule has 0 saturated heterocycles. The van der Waals surface area contributed by atoms with Gasteiger partial charge in [0.05, 0.1) is 5.69 Å². The molecule has 0 unspecified atom stereocenters. The second-order valence-corrected chi connectivity index (χ2v) is 6.44. The van der Waals surface area contributed by atoms with Crippen LogP contribution in [0, 0.1) is 0 Å². The highest BCUT2D eigenvalue weighted by atomic mass is 79.9. The number of rotatable bonds is 6. The van der Waals surface area contributed by atoms with E-state index in [1.807, 2.05) is 13.1 Å². The number of anilines is 1.